The molecule has 0 aromatic heterocycles. The number of alkyl halides is 3. The minimum atomic E-state index is -4.62. The van der Waals surface area contributed by atoms with E-state index in [1.807, 2.05) is 26.6 Å². The number of halogens is 3. The summed E-state index contributed by atoms with van der Waals surface area (Å²) < 4.78 is 47.4. The molecule has 0 spiro atoms. The van der Waals surface area contributed by atoms with Gasteiger partial charge in [-0.1, -0.05) is 43.3 Å². The van der Waals surface area contributed by atoms with Gasteiger partial charge in [-0.25, -0.2) is 0 Å². The van der Waals surface area contributed by atoms with E-state index >= 15 is 0 Å². The highest BCUT2D eigenvalue weighted by atomic mass is 28.4. The Morgan fingerprint density at radius 2 is 1.59 bits per heavy atom. The molecule has 0 saturated carbocycles. The van der Waals surface area contributed by atoms with Crippen LogP contribution < -0.4 is 0 Å². The molecule has 0 aliphatic carbocycles. The molecule has 1 unspecified atom stereocenters. The zero-order chi connectivity index (χ0) is 22.7. The molecule has 162 valence electrons. The largest absolute Gasteiger partial charge is 0.417 e. The SMILES string of the molecule is Cc1ccc(C(=O)N(CC#C[Si](C)(C)C)CC(C)(O[Si](C)(C)C)C(F)(F)F)cc1. The highest BCUT2D eigenvalue weighted by Crippen LogP contribution is 2.36. The Morgan fingerprint density at radius 3 is 2.00 bits per heavy atom. The molecule has 0 radical (unpaired) electrons. The van der Waals surface area contributed by atoms with Gasteiger partial charge < -0.3 is 9.33 Å². The fourth-order valence-corrected chi connectivity index (χ4v) is 4.84. The molecule has 1 aromatic carbocycles. The van der Waals surface area contributed by atoms with Crippen molar-refractivity contribution in [1.29, 1.82) is 0 Å². The van der Waals surface area contributed by atoms with E-state index in [0.29, 0.717) is 5.56 Å². The van der Waals surface area contributed by atoms with Crippen LogP contribution in [0.15, 0.2) is 24.3 Å². The molecule has 0 aliphatic heterocycles. The zero-order valence-electron chi connectivity index (χ0n) is 18.6. The minimum Gasteiger partial charge on any atom is -0.403 e. The van der Waals surface area contributed by atoms with Gasteiger partial charge in [-0.15, -0.1) is 5.54 Å². The van der Waals surface area contributed by atoms with Gasteiger partial charge in [0.25, 0.3) is 5.91 Å². The van der Waals surface area contributed by atoms with Gasteiger partial charge in [0.1, 0.15) is 8.07 Å². The topological polar surface area (TPSA) is 29.5 Å². The quantitative estimate of drug-likeness (QED) is 0.430. The molecular formula is C21H32F3NO2Si2. The number of hydrogen-bond acceptors (Lipinski definition) is 2. The Bertz CT molecular complexity index is 769. The monoisotopic (exact) mass is 443 g/mol. The van der Waals surface area contributed by atoms with Crippen molar-refractivity contribution in [2.75, 3.05) is 13.1 Å². The minimum absolute atomic E-state index is 0.0717. The first-order valence-electron chi connectivity index (χ1n) is 9.56. The predicted octanol–water partition coefficient (Wildman–Crippen LogP) is 5.49. The van der Waals surface area contributed by atoms with Crippen molar-refractivity contribution >= 4 is 22.3 Å². The lowest BCUT2D eigenvalue weighted by atomic mass is 10.0. The normalized spacial score (nSPS) is 14.6. The van der Waals surface area contributed by atoms with Gasteiger partial charge in [0.15, 0.2) is 13.9 Å². The molecule has 0 fully saturated rings. The van der Waals surface area contributed by atoms with E-state index in [-0.39, 0.29) is 6.54 Å². The third kappa shape index (κ3) is 8.37. The molecule has 0 bridgehead atoms. The molecule has 29 heavy (non-hydrogen) atoms. The first-order chi connectivity index (χ1) is 12.9. The molecule has 0 saturated heterocycles. The first-order valence-corrected chi connectivity index (χ1v) is 16.5. The van der Waals surface area contributed by atoms with E-state index in [2.05, 4.69) is 11.5 Å². The van der Waals surface area contributed by atoms with Crippen LogP contribution in [0.25, 0.3) is 0 Å². The van der Waals surface area contributed by atoms with Gasteiger partial charge in [0.05, 0.1) is 13.1 Å². The summed E-state index contributed by atoms with van der Waals surface area (Å²) in [6.45, 7) is 13.5. The molecule has 1 aromatic rings. The van der Waals surface area contributed by atoms with E-state index < -0.39 is 40.6 Å². The summed E-state index contributed by atoms with van der Waals surface area (Å²) in [5.41, 5.74) is 1.97. The van der Waals surface area contributed by atoms with Gasteiger partial charge in [-0.05, 0) is 45.6 Å². The van der Waals surface area contributed by atoms with Crippen LogP contribution >= 0.6 is 0 Å². The van der Waals surface area contributed by atoms with Crippen LogP contribution in [-0.4, -0.2) is 52.1 Å². The molecule has 1 amide bonds. The van der Waals surface area contributed by atoms with Crippen molar-refractivity contribution < 1.29 is 22.4 Å². The summed E-state index contributed by atoms with van der Waals surface area (Å²) in [6.07, 6.45) is -4.62. The Kier molecular flexibility index (Phi) is 7.96. The number of nitrogens with zero attached hydrogens (tertiary/aromatic N) is 1. The summed E-state index contributed by atoms with van der Waals surface area (Å²) in [5, 5.41) is 0. The van der Waals surface area contributed by atoms with E-state index in [4.69, 9.17) is 4.43 Å². The van der Waals surface area contributed by atoms with Crippen LogP contribution in [0.4, 0.5) is 13.2 Å². The van der Waals surface area contributed by atoms with E-state index in [1.165, 1.54) is 0 Å². The summed E-state index contributed by atoms with van der Waals surface area (Å²) in [7, 11) is -4.26. The average Bonchev–Trinajstić information content (AvgIpc) is 2.50. The van der Waals surface area contributed by atoms with Crippen LogP contribution in [0.3, 0.4) is 0 Å². The number of hydrogen-bond donors (Lipinski definition) is 0. The second-order valence-corrected chi connectivity index (χ2v) is 18.7. The summed E-state index contributed by atoms with van der Waals surface area (Å²) in [6, 6.07) is 6.78. The molecule has 0 heterocycles. The molecule has 1 rings (SSSR count). The Balaban J connectivity index is 3.31. The second-order valence-electron chi connectivity index (χ2n) is 9.52. The molecule has 0 N–H and O–H groups in total. The lowest BCUT2D eigenvalue weighted by molar-refractivity contribution is -0.247. The third-order valence-electron chi connectivity index (χ3n) is 3.94. The molecule has 8 heteroatoms. The number of rotatable bonds is 6. The van der Waals surface area contributed by atoms with Crippen molar-refractivity contribution in [2.24, 2.45) is 0 Å². The van der Waals surface area contributed by atoms with Crippen LogP contribution in [0.5, 0.6) is 0 Å². The maximum atomic E-state index is 14.0. The number of amides is 1. The van der Waals surface area contributed by atoms with Crippen molar-refractivity contribution in [3.05, 3.63) is 35.4 Å². The Morgan fingerprint density at radius 1 is 1.07 bits per heavy atom. The maximum absolute atomic E-state index is 14.0. The predicted molar refractivity (Wildman–Crippen MR) is 117 cm³/mol. The van der Waals surface area contributed by atoms with Gasteiger partial charge in [-0.2, -0.15) is 13.2 Å². The highest BCUT2D eigenvalue weighted by molar-refractivity contribution is 6.83. The van der Waals surface area contributed by atoms with Gasteiger partial charge in [0.2, 0.25) is 0 Å². The Labute approximate surface area is 174 Å². The maximum Gasteiger partial charge on any atom is 0.417 e. The van der Waals surface area contributed by atoms with Crippen LogP contribution in [0.2, 0.25) is 39.3 Å². The first kappa shape index (κ1) is 25.5. The lowest BCUT2D eigenvalue weighted by Crippen LogP contribution is -2.58. The van der Waals surface area contributed by atoms with E-state index in [9.17, 15) is 18.0 Å². The number of benzene rings is 1. The number of aryl methyl sites for hydroxylation is 1. The standard InChI is InChI=1S/C21H32F3NO2Si2/c1-17-10-12-18(13-11-17)19(26)25(14-9-15-28(3,4)5)16-20(2,21(22,23)24)27-29(6,7)8/h10-13H,14,16H2,1-8H3. The van der Waals surface area contributed by atoms with Crippen LogP contribution in [-0.2, 0) is 4.43 Å². The molecular weight excluding hydrogens is 411 g/mol. The smallest absolute Gasteiger partial charge is 0.403 e. The highest BCUT2D eigenvalue weighted by Gasteiger charge is 2.55. The van der Waals surface area contributed by atoms with Crippen LogP contribution in [0, 0.1) is 18.4 Å². The molecule has 0 aliphatic rings. The fraction of sp³-hybridized carbons (Fsp3) is 0.571. The zero-order valence-corrected chi connectivity index (χ0v) is 20.6. The Hall–Kier alpha value is -1.57. The number of carbonyl (C=O) groups is 1. The van der Waals surface area contributed by atoms with Gasteiger partial charge in [0, 0.05) is 5.56 Å². The van der Waals surface area contributed by atoms with Crippen molar-refractivity contribution in [3.8, 4) is 11.5 Å². The average molecular weight is 444 g/mol. The lowest BCUT2D eigenvalue weighted by Gasteiger charge is -2.40. The van der Waals surface area contributed by atoms with Gasteiger partial charge >= 0.3 is 6.18 Å². The summed E-state index contributed by atoms with van der Waals surface area (Å²) in [4.78, 5) is 14.2. The summed E-state index contributed by atoms with van der Waals surface area (Å²) >= 11 is 0. The van der Waals surface area contributed by atoms with E-state index in [0.717, 1.165) is 17.4 Å². The van der Waals surface area contributed by atoms with Crippen molar-refractivity contribution in [3.63, 3.8) is 0 Å². The summed E-state index contributed by atoms with van der Waals surface area (Å²) in [5.74, 6) is 2.45. The van der Waals surface area contributed by atoms with Crippen molar-refractivity contribution in [2.45, 2.75) is 64.9 Å². The van der Waals surface area contributed by atoms with Crippen LogP contribution in [0.1, 0.15) is 22.8 Å². The van der Waals surface area contributed by atoms with E-state index in [1.54, 1.807) is 43.9 Å². The third-order valence-corrected chi connectivity index (χ3v) is 5.93. The molecule has 3 nitrogen and oxygen atoms in total. The number of carbonyl (C=O) groups excluding carboxylic acids is 1. The molecule has 1 atom stereocenters. The second kappa shape index (κ2) is 9.06. The fourth-order valence-electron chi connectivity index (χ4n) is 2.70. The van der Waals surface area contributed by atoms with Crippen molar-refractivity contribution in [1.82, 2.24) is 4.90 Å². The van der Waals surface area contributed by atoms with Gasteiger partial charge in [-0.3, -0.25) is 4.79 Å².